The molecule has 2 unspecified atom stereocenters. The number of likely N-dealkylation sites (N-methyl/N-ethyl adjacent to an activating group) is 1. The van der Waals surface area contributed by atoms with Crippen molar-refractivity contribution in [1.82, 2.24) is 10.2 Å². The van der Waals surface area contributed by atoms with Crippen LogP contribution in [0.4, 0.5) is 0 Å². The van der Waals surface area contributed by atoms with E-state index in [1.54, 1.807) is 11.3 Å². The zero-order chi connectivity index (χ0) is 13.9. The molecule has 2 atom stereocenters. The fourth-order valence-corrected chi connectivity index (χ4v) is 3.55. The molecule has 2 rings (SSSR count). The van der Waals surface area contributed by atoms with E-state index in [1.165, 1.54) is 4.88 Å². The first-order valence-electron chi connectivity index (χ1n) is 7.03. The fourth-order valence-electron chi connectivity index (χ4n) is 2.72. The van der Waals surface area contributed by atoms with Gasteiger partial charge in [0.1, 0.15) is 0 Å². The molecule has 3 nitrogen and oxygen atoms in total. The van der Waals surface area contributed by atoms with Crippen LogP contribution in [0.15, 0.2) is 17.5 Å². The van der Waals surface area contributed by atoms with Crippen LogP contribution in [0.1, 0.15) is 31.6 Å². The molecule has 1 aromatic rings. The second kappa shape index (κ2) is 6.06. The molecule has 1 aliphatic rings. The van der Waals surface area contributed by atoms with Gasteiger partial charge in [0.2, 0.25) is 5.91 Å². The summed E-state index contributed by atoms with van der Waals surface area (Å²) in [4.78, 5) is 16.0. The summed E-state index contributed by atoms with van der Waals surface area (Å²) in [7, 11) is 1.94. The van der Waals surface area contributed by atoms with E-state index in [1.807, 2.05) is 11.9 Å². The standard InChI is InChI=1S/C15H24N2OS/c1-12(10-13-6-4-9-19-13)17(3)14(18)15(2)7-5-8-16-11-15/h4,6,9,12,16H,5,7-8,10-11H2,1-3H3. The van der Waals surface area contributed by atoms with Crippen molar-refractivity contribution in [3.05, 3.63) is 22.4 Å². The van der Waals surface area contributed by atoms with Gasteiger partial charge in [-0.15, -0.1) is 11.3 Å². The Morgan fingerprint density at radius 1 is 1.63 bits per heavy atom. The summed E-state index contributed by atoms with van der Waals surface area (Å²) in [5.74, 6) is 0.281. The lowest BCUT2D eigenvalue weighted by atomic mass is 9.81. The highest BCUT2D eigenvalue weighted by molar-refractivity contribution is 7.09. The van der Waals surface area contributed by atoms with E-state index in [-0.39, 0.29) is 17.4 Å². The number of rotatable bonds is 4. The molecule has 0 bridgehead atoms. The van der Waals surface area contributed by atoms with Crippen LogP contribution in [0.5, 0.6) is 0 Å². The molecule has 1 fully saturated rings. The quantitative estimate of drug-likeness (QED) is 0.919. The Morgan fingerprint density at radius 3 is 3.00 bits per heavy atom. The molecule has 1 amide bonds. The molecule has 0 radical (unpaired) electrons. The molecule has 106 valence electrons. The third-order valence-electron chi connectivity index (χ3n) is 4.17. The van der Waals surface area contributed by atoms with Gasteiger partial charge in [-0.1, -0.05) is 6.07 Å². The molecule has 1 aliphatic heterocycles. The number of nitrogens with zero attached hydrogens (tertiary/aromatic N) is 1. The average Bonchev–Trinajstić information content (AvgIpc) is 2.90. The molecule has 2 heterocycles. The number of thiophene rings is 1. The molecule has 0 aromatic carbocycles. The maximum Gasteiger partial charge on any atom is 0.229 e. The van der Waals surface area contributed by atoms with Crippen LogP contribution in [-0.4, -0.2) is 37.0 Å². The Kier molecular flexibility index (Phi) is 4.63. The second-order valence-electron chi connectivity index (χ2n) is 5.89. The van der Waals surface area contributed by atoms with Crippen molar-refractivity contribution < 1.29 is 4.79 Å². The van der Waals surface area contributed by atoms with Gasteiger partial charge in [0.05, 0.1) is 5.41 Å². The van der Waals surface area contributed by atoms with Crippen LogP contribution in [0.3, 0.4) is 0 Å². The van der Waals surface area contributed by atoms with Gasteiger partial charge >= 0.3 is 0 Å². The van der Waals surface area contributed by atoms with Crippen LogP contribution in [0, 0.1) is 5.41 Å². The topological polar surface area (TPSA) is 32.3 Å². The number of amides is 1. The maximum absolute atomic E-state index is 12.7. The Labute approximate surface area is 120 Å². The molecular weight excluding hydrogens is 256 g/mol. The van der Waals surface area contributed by atoms with Gasteiger partial charge < -0.3 is 10.2 Å². The third-order valence-corrected chi connectivity index (χ3v) is 5.07. The minimum atomic E-state index is -0.225. The number of carbonyl (C=O) groups excluding carboxylic acids is 1. The van der Waals surface area contributed by atoms with Gasteiger partial charge in [-0.2, -0.15) is 0 Å². The van der Waals surface area contributed by atoms with Crippen molar-refractivity contribution in [2.45, 2.75) is 39.2 Å². The number of piperidine rings is 1. The lowest BCUT2D eigenvalue weighted by Gasteiger charge is -2.38. The SMILES string of the molecule is CC(Cc1cccs1)N(C)C(=O)C1(C)CCCNC1. The summed E-state index contributed by atoms with van der Waals surface area (Å²) in [6, 6.07) is 4.47. The Balaban J connectivity index is 1.97. The average molecular weight is 280 g/mol. The van der Waals surface area contributed by atoms with Crippen molar-refractivity contribution in [3.8, 4) is 0 Å². The summed E-state index contributed by atoms with van der Waals surface area (Å²) in [6.45, 7) is 6.08. The molecule has 0 spiro atoms. The van der Waals surface area contributed by atoms with Crippen molar-refractivity contribution >= 4 is 17.2 Å². The van der Waals surface area contributed by atoms with Crippen LogP contribution in [-0.2, 0) is 11.2 Å². The number of nitrogens with one attached hydrogen (secondary N) is 1. The van der Waals surface area contributed by atoms with Crippen molar-refractivity contribution in [2.75, 3.05) is 20.1 Å². The van der Waals surface area contributed by atoms with Crippen LogP contribution < -0.4 is 5.32 Å². The number of carbonyl (C=O) groups is 1. The Hall–Kier alpha value is -0.870. The molecule has 1 aromatic heterocycles. The van der Waals surface area contributed by atoms with E-state index in [0.29, 0.717) is 0 Å². The first-order chi connectivity index (χ1) is 9.03. The molecule has 19 heavy (non-hydrogen) atoms. The predicted octanol–water partition coefficient (Wildman–Crippen LogP) is 2.53. The van der Waals surface area contributed by atoms with Gasteiger partial charge in [0.15, 0.2) is 0 Å². The predicted molar refractivity (Wildman–Crippen MR) is 80.5 cm³/mol. The zero-order valence-electron chi connectivity index (χ0n) is 12.1. The lowest BCUT2D eigenvalue weighted by Crippen LogP contribution is -2.51. The molecular formula is C15H24N2OS. The lowest BCUT2D eigenvalue weighted by molar-refractivity contribution is -0.142. The normalized spacial score (nSPS) is 25.0. The van der Waals surface area contributed by atoms with Crippen LogP contribution >= 0.6 is 11.3 Å². The first-order valence-corrected chi connectivity index (χ1v) is 7.91. The highest BCUT2D eigenvalue weighted by Gasteiger charge is 2.37. The monoisotopic (exact) mass is 280 g/mol. The van der Waals surface area contributed by atoms with Crippen molar-refractivity contribution in [3.63, 3.8) is 0 Å². The van der Waals surface area contributed by atoms with E-state index in [4.69, 9.17) is 0 Å². The van der Waals surface area contributed by atoms with Gasteiger partial charge in [0.25, 0.3) is 0 Å². The fraction of sp³-hybridized carbons (Fsp3) is 0.667. The maximum atomic E-state index is 12.7. The highest BCUT2D eigenvalue weighted by Crippen LogP contribution is 2.28. The summed E-state index contributed by atoms with van der Waals surface area (Å²) in [5, 5.41) is 5.44. The van der Waals surface area contributed by atoms with Crippen molar-refractivity contribution in [2.24, 2.45) is 5.41 Å². The molecule has 0 aliphatic carbocycles. The zero-order valence-corrected chi connectivity index (χ0v) is 12.9. The smallest absolute Gasteiger partial charge is 0.229 e. The summed E-state index contributed by atoms with van der Waals surface area (Å²) < 4.78 is 0. The van der Waals surface area contributed by atoms with E-state index < -0.39 is 0 Å². The van der Waals surface area contributed by atoms with Crippen molar-refractivity contribution in [1.29, 1.82) is 0 Å². The number of hydrogen-bond donors (Lipinski definition) is 1. The Morgan fingerprint density at radius 2 is 2.42 bits per heavy atom. The van der Waals surface area contributed by atoms with Crippen LogP contribution in [0.25, 0.3) is 0 Å². The number of hydrogen-bond acceptors (Lipinski definition) is 3. The van der Waals surface area contributed by atoms with E-state index in [0.717, 1.165) is 32.4 Å². The largest absolute Gasteiger partial charge is 0.342 e. The molecule has 0 saturated carbocycles. The summed E-state index contributed by atoms with van der Waals surface area (Å²) in [6.07, 6.45) is 3.04. The van der Waals surface area contributed by atoms with E-state index in [2.05, 4.69) is 36.7 Å². The molecule has 1 N–H and O–H groups in total. The van der Waals surface area contributed by atoms with E-state index in [9.17, 15) is 4.79 Å². The van der Waals surface area contributed by atoms with Gasteiger partial charge in [-0.05, 0) is 44.7 Å². The van der Waals surface area contributed by atoms with Gasteiger partial charge in [-0.3, -0.25) is 4.79 Å². The Bertz CT molecular complexity index is 410. The minimum Gasteiger partial charge on any atom is -0.342 e. The van der Waals surface area contributed by atoms with Gasteiger partial charge in [0, 0.05) is 30.9 Å². The van der Waals surface area contributed by atoms with Gasteiger partial charge in [-0.25, -0.2) is 0 Å². The van der Waals surface area contributed by atoms with Crippen LogP contribution in [0.2, 0.25) is 0 Å². The third kappa shape index (κ3) is 3.37. The summed E-state index contributed by atoms with van der Waals surface area (Å²) in [5.41, 5.74) is -0.225. The highest BCUT2D eigenvalue weighted by atomic mass is 32.1. The van der Waals surface area contributed by atoms with E-state index >= 15 is 0 Å². The summed E-state index contributed by atoms with van der Waals surface area (Å²) >= 11 is 1.76. The molecule has 1 saturated heterocycles. The first kappa shape index (κ1) is 14.5. The second-order valence-corrected chi connectivity index (χ2v) is 6.92. The minimum absolute atomic E-state index is 0.225. The molecule has 4 heteroatoms.